The second kappa shape index (κ2) is 7.37. The summed E-state index contributed by atoms with van der Waals surface area (Å²) >= 11 is 0. The first kappa shape index (κ1) is 13.0. The van der Waals surface area contributed by atoms with Crippen molar-refractivity contribution in [1.82, 2.24) is 4.90 Å². The van der Waals surface area contributed by atoms with Gasteiger partial charge in [0.1, 0.15) is 0 Å². The van der Waals surface area contributed by atoms with Gasteiger partial charge < -0.3 is 4.90 Å². The van der Waals surface area contributed by atoms with Crippen LogP contribution in [0.3, 0.4) is 0 Å². The number of hydrogen-bond donors (Lipinski definition) is 0. The van der Waals surface area contributed by atoms with Crippen molar-refractivity contribution < 1.29 is 0 Å². The highest BCUT2D eigenvalue weighted by atomic mass is 15.1. The van der Waals surface area contributed by atoms with Gasteiger partial charge in [0.2, 0.25) is 0 Å². The molecule has 1 aliphatic heterocycles. The van der Waals surface area contributed by atoms with Gasteiger partial charge in [0, 0.05) is 6.54 Å². The van der Waals surface area contributed by atoms with Crippen LogP contribution in [0.4, 0.5) is 0 Å². The molecule has 13 heavy (non-hydrogen) atoms. The largest absolute Gasteiger partial charge is 0.306 e. The van der Waals surface area contributed by atoms with E-state index < -0.39 is 0 Å². The predicted octanol–water partition coefficient (Wildman–Crippen LogP) is 3.40. The van der Waals surface area contributed by atoms with Crippen LogP contribution in [0.25, 0.3) is 0 Å². The van der Waals surface area contributed by atoms with Crippen molar-refractivity contribution in [1.29, 1.82) is 0 Å². The lowest BCUT2D eigenvalue weighted by Crippen LogP contribution is -2.37. The van der Waals surface area contributed by atoms with Gasteiger partial charge in [0.05, 0.1) is 0 Å². The van der Waals surface area contributed by atoms with E-state index in [4.69, 9.17) is 0 Å². The maximum atomic E-state index is 2.47. The SMILES string of the molecule is CC.CCC1CCN(C)CC1CC. The molecule has 0 aliphatic carbocycles. The Balaban J connectivity index is 0.000000671. The molecule has 0 saturated carbocycles. The average Bonchev–Trinajstić information content (AvgIpc) is 2.20. The summed E-state index contributed by atoms with van der Waals surface area (Å²) in [5.74, 6) is 1.98. The monoisotopic (exact) mass is 185 g/mol. The Bertz CT molecular complexity index is 112. The molecule has 0 N–H and O–H groups in total. The van der Waals surface area contributed by atoms with Crippen molar-refractivity contribution in [3.8, 4) is 0 Å². The van der Waals surface area contributed by atoms with E-state index in [9.17, 15) is 0 Å². The van der Waals surface area contributed by atoms with Crippen LogP contribution in [0.2, 0.25) is 0 Å². The van der Waals surface area contributed by atoms with Gasteiger partial charge in [0.25, 0.3) is 0 Å². The van der Waals surface area contributed by atoms with Crippen LogP contribution in [-0.2, 0) is 0 Å². The molecule has 0 spiro atoms. The highest BCUT2D eigenvalue weighted by Crippen LogP contribution is 2.27. The first-order valence-corrected chi connectivity index (χ1v) is 5.96. The van der Waals surface area contributed by atoms with Gasteiger partial charge in [-0.15, -0.1) is 0 Å². The van der Waals surface area contributed by atoms with Crippen molar-refractivity contribution in [2.24, 2.45) is 11.8 Å². The molecule has 0 aromatic heterocycles. The van der Waals surface area contributed by atoms with Crippen molar-refractivity contribution in [3.63, 3.8) is 0 Å². The van der Waals surface area contributed by atoms with Crippen LogP contribution in [-0.4, -0.2) is 25.0 Å². The van der Waals surface area contributed by atoms with Gasteiger partial charge in [-0.25, -0.2) is 0 Å². The Morgan fingerprint density at radius 2 is 1.62 bits per heavy atom. The molecule has 0 aromatic rings. The number of nitrogens with zero attached hydrogens (tertiary/aromatic N) is 1. The summed E-state index contributed by atoms with van der Waals surface area (Å²) in [6.07, 6.45) is 4.17. The Morgan fingerprint density at radius 1 is 1.08 bits per heavy atom. The lowest BCUT2D eigenvalue weighted by molar-refractivity contribution is 0.136. The summed E-state index contributed by atoms with van der Waals surface area (Å²) in [5.41, 5.74) is 0. The third-order valence-corrected chi connectivity index (χ3v) is 3.14. The average molecular weight is 185 g/mol. The highest BCUT2D eigenvalue weighted by Gasteiger charge is 2.24. The van der Waals surface area contributed by atoms with Gasteiger partial charge in [-0.1, -0.05) is 40.5 Å². The quantitative estimate of drug-likeness (QED) is 0.637. The molecule has 0 amide bonds. The van der Waals surface area contributed by atoms with E-state index in [-0.39, 0.29) is 0 Å². The Kier molecular flexibility index (Phi) is 7.35. The van der Waals surface area contributed by atoms with Crippen LogP contribution >= 0.6 is 0 Å². The molecule has 1 aliphatic rings. The molecule has 1 fully saturated rings. The summed E-state index contributed by atoms with van der Waals surface area (Å²) in [5, 5.41) is 0. The van der Waals surface area contributed by atoms with Crippen LogP contribution in [0.5, 0.6) is 0 Å². The van der Waals surface area contributed by atoms with Gasteiger partial charge >= 0.3 is 0 Å². The van der Waals surface area contributed by atoms with Gasteiger partial charge in [-0.2, -0.15) is 0 Å². The number of piperidine rings is 1. The molecule has 0 bridgehead atoms. The zero-order valence-electron chi connectivity index (χ0n) is 10.1. The number of rotatable bonds is 2. The van der Waals surface area contributed by atoms with Crippen molar-refractivity contribution >= 4 is 0 Å². The van der Waals surface area contributed by atoms with Crippen LogP contribution in [0.1, 0.15) is 47.0 Å². The van der Waals surface area contributed by atoms with Crippen LogP contribution in [0, 0.1) is 11.8 Å². The van der Waals surface area contributed by atoms with Gasteiger partial charge in [-0.05, 0) is 31.8 Å². The fraction of sp³-hybridized carbons (Fsp3) is 1.00. The first-order chi connectivity index (χ1) is 6.27. The fourth-order valence-electron chi connectivity index (χ4n) is 2.26. The summed E-state index contributed by atoms with van der Waals surface area (Å²) < 4.78 is 0. The molecule has 2 atom stereocenters. The molecule has 0 aromatic carbocycles. The molecule has 1 heterocycles. The second-order valence-corrected chi connectivity index (χ2v) is 3.89. The summed E-state index contributed by atoms with van der Waals surface area (Å²) in [7, 11) is 2.24. The van der Waals surface area contributed by atoms with E-state index in [0.717, 1.165) is 11.8 Å². The van der Waals surface area contributed by atoms with Crippen molar-refractivity contribution in [2.75, 3.05) is 20.1 Å². The van der Waals surface area contributed by atoms with Crippen LogP contribution in [0.15, 0.2) is 0 Å². The molecule has 2 unspecified atom stereocenters. The van der Waals surface area contributed by atoms with Crippen molar-refractivity contribution in [3.05, 3.63) is 0 Å². The third kappa shape index (κ3) is 4.12. The maximum absolute atomic E-state index is 2.47. The maximum Gasteiger partial charge on any atom is 0.000916 e. The zero-order valence-corrected chi connectivity index (χ0v) is 10.1. The lowest BCUT2D eigenvalue weighted by Gasteiger charge is -2.35. The van der Waals surface area contributed by atoms with E-state index in [2.05, 4.69) is 25.8 Å². The third-order valence-electron chi connectivity index (χ3n) is 3.14. The molecule has 1 heteroatoms. The Labute approximate surface area is 84.5 Å². The molecule has 1 rings (SSSR count). The minimum atomic E-state index is 0.971. The molecule has 0 radical (unpaired) electrons. The Morgan fingerprint density at radius 3 is 2.08 bits per heavy atom. The van der Waals surface area contributed by atoms with E-state index in [1.807, 2.05) is 13.8 Å². The van der Waals surface area contributed by atoms with Crippen LogP contribution < -0.4 is 0 Å². The van der Waals surface area contributed by atoms with E-state index >= 15 is 0 Å². The van der Waals surface area contributed by atoms with Gasteiger partial charge in [-0.3, -0.25) is 0 Å². The fourth-order valence-corrected chi connectivity index (χ4v) is 2.26. The molecule has 80 valence electrons. The minimum absolute atomic E-state index is 0.971. The molecular formula is C12H27N. The van der Waals surface area contributed by atoms with Crippen molar-refractivity contribution in [2.45, 2.75) is 47.0 Å². The van der Waals surface area contributed by atoms with E-state index in [1.165, 1.54) is 32.4 Å². The standard InChI is InChI=1S/C10H21N.C2H6/c1-4-9-6-7-11(3)8-10(9)5-2;1-2/h9-10H,4-8H2,1-3H3;1-2H3. The predicted molar refractivity (Wildman–Crippen MR) is 61.0 cm³/mol. The molecule has 1 nitrogen and oxygen atoms in total. The zero-order chi connectivity index (χ0) is 10.3. The van der Waals surface area contributed by atoms with E-state index in [0.29, 0.717) is 0 Å². The lowest BCUT2D eigenvalue weighted by atomic mass is 9.82. The second-order valence-electron chi connectivity index (χ2n) is 3.89. The topological polar surface area (TPSA) is 3.24 Å². The minimum Gasteiger partial charge on any atom is -0.306 e. The highest BCUT2D eigenvalue weighted by molar-refractivity contribution is 4.76. The molecule has 1 saturated heterocycles. The Hall–Kier alpha value is -0.0400. The molecular weight excluding hydrogens is 158 g/mol. The number of likely N-dealkylation sites (tertiary alicyclic amines) is 1. The van der Waals surface area contributed by atoms with Gasteiger partial charge in [0.15, 0.2) is 0 Å². The summed E-state index contributed by atoms with van der Waals surface area (Å²) in [4.78, 5) is 2.47. The smallest absolute Gasteiger partial charge is 0.000916 e. The summed E-state index contributed by atoms with van der Waals surface area (Å²) in [6, 6.07) is 0. The normalized spacial score (nSPS) is 29.3. The number of hydrogen-bond acceptors (Lipinski definition) is 1. The van der Waals surface area contributed by atoms with E-state index in [1.54, 1.807) is 0 Å². The first-order valence-electron chi connectivity index (χ1n) is 5.96. The summed E-state index contributed by atoms with van der Waals surface area (Å²) in [6.45, 7) is 11.3.